The molecule has 0 saturated carbocycles. The average molecular weight is 258 g/mol. The van der Waals surface area contributed by atoms with E-state index in [1.807, 2.05) is 0 Å². The number of rotatable bonds is 7. The molecule has 0 amide bonds. The Kier molecular flexibility index (Phi) is 5.97. The Morgan fingerprint density at radius 2 is 2.12 bits per heavy atom. The van der Waals surface area contributed by atoms with Gasteiger partial charge in [-0.15, -0.1) is 0 Å². The van der Waals surface area contributed by atoms with Gasteiger partial charge in [-0.05, 0) is 30.7 Å². The summed E-state index contributed by atoms with van der Waals surface area (Å²) < 4.78 is 4.90. The molecule has 5 heteroatoms. The highest BCUT2D eigenvalue weighted by molar-refractivity contribution is 6.30. The minimum Gasteiger partial charge on any atom is -0.480 e. The van der Waals surface area contributed by atoms with Crippen LogP contribution in [0.25, 0.3) is 0 Å². The van der Waals surface area contributed by atoms with Crippen LogP contribution in [0.3, 0.4) is 0 Å². The fourth-order valence-electron chi connectivity index (χ4n) is 1.47. The topological polar surface area (TPSA) is 58.6 Å². The first kappa shape index (κ1) is 14.0. The summed E-state index contributed by atoms with van der Waals surface area (Å²) in [6.07, 6.45) is 0.772. The minimum atomic E-state index is -0.898. The lowest BCUT2D eigenvalue weighted by Gasteiger charge is -2.14. The predicted molar refractivity (Wildman–Crippen MR) is 66.3 cm³/mol. The molecule has 0 saturated heterocycles. The summed E-state index contributed by atoms with van der Waals surface area (Å²) in [6, 6.07) is 6.09. The molecule has 0 aromatic heterocycles. The number of carboxylic acid groups (broad SMARTS) is 1. The first-order valence-electron chi connectivity index (χ1n) is 5.35. The van der Waals surface area contributed by atoms with Crippen LogP contribution >= 0.6 is 11.6 Å². The van der Waals surface area contributed by atoms with Crippen molar-refractivity contribution in [2.24, 2.45) is 0 Å². The Bertz CT molecular complexity index is 353. The zero-order valence-corrected chi connectivity index (χ0v) is 10.4. The Balaban J connectivity index is 2.59. The van der Waals surface area contributed by atoms with Crippen LogP contribution < -0.4 is 5.32 Å². The van der Waals surface area contributed by atoms with E-state index in [9.17, 15) is 4.79 Å². The van der Waals surface area contributed by atoms with Crippen molar-refractivity contribution in [1.29, 1.82) is 0 Å². The molecule has 0 bridgehead atoms. The molecule has 0 heterocycles. The van der Waals surface area contributed by atoms with Crippen LogP contribution in [-0.4, -0.2) is 31.3 Å². The molecule has 0 aliphatic rings. The van der Waals surface area contributed by atoms with Gasteiger partial charge in [-0.25, -0.2) is 0 Å². The minimum absolute atomic E-state index is 0.591. The van der Waals surface area contributed by atoms with Gasteiger partial charge in [-0.1, -0.05) is 23.7 Å². The van der Waals surface area contributed by atoms with E-state index in [0.29, 0.717) is 23.7 Å². The van der Waals surface area contributed by atoms with Crippen LogP contribution in [0.4, 0.5) is 0 Å². The summed E-state index contributed by atoms with van der Waals surface area (Å²) in [5, 5.41) is 12.7. The number of carboxylic acids is 1. The van der Waals surface area contributed by atoms with Crippen molar-refractivity contribution in [3.63, 3.8) is 0 Å². The zero-order valence-electron chi connectivity index (χ0n) is 9.65. The van der Waals surface area contributed by atoms with Crippen LogP contribution in [0, 0.1) is 0 Å². The number of carbonyl (C=O) groups is 1. The molecule has 0 aliphatic carbocycles. The SMILES string of the molecule is COCCCNC(C(=O)O)c1ccc(Cl)cc1. The highest BCUT2D eigenvalue weighted by Crippen LogP contribution is 2.16. The maximum absolute atomic E-state index is 11.1. The zero-order chi connectivity index (χ0) is 12.7. The third kappa shape index (κ3) is 4.73. The fraction of sp³-hybridized carbons (Fsp3) is 0.417. The Morgan fingerprint density at radius 3 is 2.65 bits per heavy atom. The van der Waals surface area contributed by atoms with Gasteiger partial charge in [0.2, 0.25) is 0 Å². The smallest absolute Gasteiger partial charge is 0.325 e. The van der Waals surface area contributed by atoms with E-state index < -0.39 is 12.0 Å². The summed E-state index contributed by atoms with van der Waals surface area (Å²) in [5.74, 6) is -0.898. The Morgan fingerprint density at radius 1 is 1.47 bits per heavy atom. The van der Waals surface area contributed by atoms with E-state index in [0.717, 1.165) is 6.42 Å². The van der Waals surface area contributed by atoms with Crippen LogP contribution in [-0.2, 0) is 9.53 Å². The lowest BCUT2D eigenvalue weighted by Crippen LogP contribution is -2.29. The second-order valence-electron chi connectivity index (χ2n) is 3.62. The normalized spacial score (nSPS) is 12.4. The first-order chi connectivity index (χ1) is 8.15. The molecule has 0 spiro atoms. The molecule has 1 unspecified atom stereocenters. The molecular weight excluding hydrogens is 242 g/mol. The average Bonchev–Trinajstić information content (AvgIpc) is 2.30. The van der Waals surface area contributed by atoms with E-state index >= 15 is 0 Å². The Hall–Kier alpha value is -1.10. The van der Waals surface area contributed by atoms with Crippen molar-refractivity contribution < 1.29 is 14.6 Å². The quantitative estimate of drug-likeness (QED) is 0.735. The maximum Gasteiger partial charge on any atom is 0.325 e. The van der Waals surface area contributed by atoms with Crippen LogP contribution in [0.5, 0.6) is 0 Å². The number of hydrogen-bond acceptors (Lipinski definition) is 3. The van der Waals surface area contributed by atoms with E-state index in [1.165, 1.54) is 0 Å². The van der Waals surface area contributed by atoms with Gasteiger partial charge in [0.1, 0.15) is 6.04 Å². The molecule has 17 heavy (non-hydrogen) atoms. The third-order valence-electron chi connectivity index (χ3n) is 2.32. The van der Waals surface area contributed by atoms with Gasteiger partial charge in [0.15, 0.2) is 0 Å². The maximum atomic E-state index is 11.1. The summed E-state index contributed by atoms with van der Waals surface area (Å²) in [5.41, 5.74) is 0.694. The molecule has 0 radical (unpaired) electrons. The van der Waals surface area contributed by atoms with Gasteiger partial charge in [-0.2, -0.15) is 0 Å². The van der Waals surface area contributed by atoms with E-state index in [2.05, 4.69) is 5.32 Å². The summed E-state index contributed by atoms with van der Waals surface area (Å²) >= 11 is 5.76. The number of aliphatic carboxylic acids is 1. The van der Waals surface area contributed by atoms with Crippen molar-refractivity contribution in [2.75, 3.05) is 20.3 Å². The molecule has 94 valence electrons. The predicted octanol–water partition coefficient (Wildman–Crippen LogP) is 2.09. The second-order valence-corrected chi connectivity index (χ2v) is 4.06. The van der Waals surface area contributed by atoms with Gasteiger partial charge in [0, 0.05) is 18.7 Å². The summed E-state index contributed by atoms with van der Waals surface area (Å²) in [4.78, 5) is 11.1. The molecule has 1 aromatic carbocycles. The molecule has 1 aromatic rings. The summed E-state index contributed by atoms with van der Waals surface area (Å²) in [7, 11) is 1.62. The van der Waals surface area contributed by atoms with E-state index in [-0.39, 0.29) is 0 Å². The molecule has 1 atom stereocenters. The number of ether oxygens (including phenoxy) is 1. The standard InChI is InChI=1S/C12H16ClNO3/c1-17-8-2-7-14-11(12(15)16)9-3-5-10(13)6-4-9/h3-6,11,14H,2,7-8H2,1H3,(H,15,16). The van der Waals surface area contributed by atoms with Crippen LogP contribution in [0.15, 0.2) is 24.3 Å². The van der Waals surface area contributed by atoms with Crippen LogP contribution in [0.2, 0.25) is 5.02 Å². The molecule has 4 nitrogen and oxygen atoms in total. The second kappa shape index (κ2) is 7.27. The first-order valence-corrected chi connectivity index (χ1v) is 5.73. The van der Waals surface area contributed by atoms with Gasteiger partial charge >= 0.3 is 5.97 Å². The molecule has 0 aliphatic heterocycles. The van der Waals surface area contributed by atoms with Crippen LogP contribution in [0.1, 0.15) is 18.0 Å². The molecule has 0 fully saturated rings. The molecule has 1 rings (SSSR count). The van der Waals surface area contributed by atoms with Gasteiger partial charge in [0.25, 0.3) is 0 Å². The number of halogens is 1. The summed E-state index contributed by atoms with van der Waals surface area (Å²) in [6.45, 7) is 1.20. The van der Waals surface area contributed by atoms with Crippen molar-refractivity contribution in [3.8, 4) is 0 Å². The van der Waals surface area contributed by atoms with Crippen molar-refractivity contribution in [3.05, 3.63) is 34.9 Å². The monoisotopic (exact) mass is 257 g/mol. The van der Waals surface area contributed by atoms with E-state index in [1.54, 1.807) is 31.4 Å². The van der Waals surface area contributed by atoms with Crippen molar-refractivity contribution in [1.82, 2.24) is 5.32 Å². The highest BCUT2D eigenvalue weighted by Gasteiger charge is 2.18. The number of hydrogen-bond donors (Lipinski definition) is 2. The van der Waals surface area contributed by atoms with Gasteiger partial charge in [0.05, 0.1) is 0 Å². The van der Waals surface area contributed by atoms with Crippen molar-refractivity contribution in [2.45, 2.75) is 12.5 Å². The van der Waals surface area contributed by atoms with E-state index in [4.69, 9.17) is 21.4 Å². The lowest BCUT2D eigenvalue weighted by molar-refractivity contribution is -0.139. The molecule has 2 N–H and O–H groups in total. The highest BCUT2D eigenvalue weighted by atomic mass is 35.5. The third-order valence-corrected chi connectivity index (χ3v) is 2.58. The number of benzene rings is 1. The Labute approximate surface area is 106 Å². The lowest BCUT2D eigenvalue weighted by atomic mass is 10.1. The fourth-order valence-corrected chi connectivity index (χ4v) is 1.59. The number of methoxy groups -OCH3 is 1. The largest absolute Gasteiger partial charge is 0.480 e. The van der Waals surface area contributed by atoms with Gasteiger partial charge < -0.3 is 15.2 Å². The van der Waals surface area contributed by atoms with Crippen molar-refractivity contribution >= 4 is 17.6 Å². The van der Waals surface area contributed by atoms with Gasteiger partial charge in [-0.3, -0.25) is 4.79 Å². The number of nitrogens with one attached hydrogen (secondary N) is 1. The molecular formula is C12H16ClNO3.